The van der Waals surface area contributed by atoms with Gasteiger partial charge in [-0.2, -0.15) is 0 Å². The highest BCUT2D eigenvalue weighted by atomic mass is 19.1. The number of carbonyl (C=O) groups is 2. The molecule has 1 heterocycles. The molecule has 1 aliphatic carbocycles. The molecule has 1 aromatic heterocycles. The van der Waals surface area contributed by atoms with Crippen LogP contribution in [0.15, 0.2) is 60.4 Å². The number of ketones is 1. The van der Waals surface area contributed by atoms with E-state index < -0.39 is 18.2 Å². The molecular weight excluding hydrogens is 421 g/mol. The van der Waals surface area contributed by atoms with Crippen LogP contribution in [0.5, 0.6) is 0 Å². The van der Waals surface area contributed by atoms with Crippen LogP contribution < -0.4 is 0 Å². The molecule has 0 bridgehead atoms. The first-order chi connectivity index (χ1) is 16.0. The van der Waals surface area contributed by atoms with Gasteiger partial charge in [-0.25, -0.2) is 4.39 Å². The molecule has 1 fully saturated rings. The lowest BCUT2D eigenvalue weighted by atomic mass is 9.90. The molecule has 0 unspecified atom stereocenters. The molecule has 6 heteroatoms. The lowest BCUT2D eigenvalue weighted by molar-refractivity contribution is -0.144. The standard InChI is InChI=1S/C27H26FNO4/c1-2-33-25(32)16-21(31)15-20(30)13-14-23-26(17-9-11-19(28)12-10-17)22-5-3-4-6-24(22)29-27(23)18-7-8-18/h3-6,9-12,15,18,30H,2,7-8,13-14,16H2,1H3. The van der Waals surface area contributed by atoms with Gasteiger partial charge in [-0.05, 0) is 61.1 Å². The van der Waals surface area contributed by atoms with E-state index in [9.17, 15) is 19.1 Å². The monoisotopic (exact) mass is 447 g/mol. The maximum atomic E-state index is 13.6. The molecule has 0 amide bonds. The van der Waals surface area contributed by atoms with Crippen molar-refractivity contribution in [3.05, 3.63) is 77.4 Å². The highest BCUT2D eigenvalue weighted by Crippen LogP contribution is 2.45. The Hall–Kier alpha value is -3.54. The number of hydrogen-bond acceptors (Lipinski definition) is 5. The van der Waals surface area contributed by atoms with E-state index in [1.54, 1.807) is 19.1 Å². The SMILES string of the molecule is CCOC(=O)CC(=O)C=C(O)CCc1c(C2CC2)nc2ccccc2c1-c1ccc(F)cc1. The highest BCUT2D eigenvalue weighted by Gasteiger charge is 2.30. The van der Waals surface area contributed by atoms with E-state index in [2.05, 4.69) is 0 Å². The van der Waals surface area contributed by atoms with Gasteiger partial charge in [0.2, 0.25) is 0 Å². The number of rotatable bonds is 9. The Morgan fingerprint density at radius 3 is 2.58 bits per heavy atom. The predicted molar refractivity (Wildman–Crippen MR) is 124 cm³/mol. The largest absolute Gasteiger partial charge is 0.512 e. The third-order valence-electron chi connectivity index (χ3n) is 5.70. The van der Waals surface area contributed by atoms with Crippen molar-refractivity contribution >= 4 is 22.7 Å². The Morgan fingerprint density at radius 1 is 1.15 bits per heavy atom. The Balaban J connectivity index is 1.69. The van der Waals surface area contributed by atoms with Crippen molar-refractivity contribution in [2.45, 2.75) is 44.9 Å². The van der Waals surface area contributed by atoms with E-state index in [4.69, 9.17) is 9.72 Å². The number of fused-ring (bicyclic) bond motifs is 1. The van der Waals surface area contributed by atoms with Gasteiger partial charge >= 0.3 is 5.97 Å². The topological polar surface area (TPSA) is 76.5 Å². The quantitative estimate of drug-likeness (QED) is 0.194. The third kappa shape index (κ3) is 5.45. The molecule has 0 saturated heterocycles. The van der Waals surface area contributed by atoms with Crippen LogP contribution in [0.3, 0.4) is 0 Å². The maximum Gasteiger partial charge on any atom is 0.313 e. The van der Waals surface area contributed by atoms with Gasteiger partial charge in [-0.1, -0.05) is 30.3 Å². The molecule has 0 aliphatic heterocycles. The summed E-state index contributed by atoms with van der Waals surface area (Å²) in [5.74, 6) is -1.14. The summed E-state index contributed by atoms with van der Waals surface area (Å²) in [5, 5.41) is 11.4. The van der Waals surface area contributed by atoms with Gasteiger partial charge in [-0.3, -0.25) is 14.6 Å². The summed E-state index contributed by atoms with van der Waals surface area (Å²) in [6.07, 6.45) is 3.50. The van der Waals surface area contributed by atoms with E-state index >= 15 is 0 Å². The van der Waals surface area contributed by atoms with Crippen molar-refractivity contribution in [1.29, 1.82) is 0 Å². The van der Waals surface area contributed by atoms with Crippen molar-refractivity contribution in [3.63, 3.8) is 0 Å². The van der Waals surface area contributed by atoms with Crippen LogP contribution in [0.4, 0.5) is 4.39 Å². The van der Waals surface area contributed by atoms with Crippen molar-refractivity contribution in [2.75, 3.05) is 6.61 Å². The molecule has 0 radical (unpaired) electrons. The summed E-state index contributed by atoms with van der Waals surface area (Å²) in [7, 11) is 0. The van der Waals surface area contributed by atoms with Gasteiger partial charge in [0.15, 0.2) is 5.78 Å². The van der Waals surface area contributed by atoms with Gasteiger partial charge in [-0.15, -0.1) is 0 Å². The average Bonchev–Trinajstić information content (AvgIpc) is 3.63. The number of pyridine rings is 1. The molecule has 4 rings (SSSR count). The summed E-state index contributed by atoms with van der Waals surface area (Å²) < 4.78 is 18.4. The molecule has 5 nitrogen and oxygen atoms in total. The first kappa shape index (κ1) is 22.6. The molecule has 170 valence electrons. The van der Waals surface area contributed by atoms with Crippen molar-refractivity contribution in [3.8, 4) is 11.1 Å². The molecular formula is C27H26FNO4. The van der Waals surface area contributed by atoms with Gasteiger partial charge < -0.3 is 9.84 Å². The maximum absolute atomic E-state index is 13.6. The number of halogens is 1. The number of aromatic nitrogens is 1. The number of hydrogen-bond donors (Lipinski definition) is 1. The number of nitrogens with zero attached hydrogens (tertiary/aromatic N) is 1. The van der Waals surface area contributed by atoms with Crippen LogP contribution in [0.25, 0.3) is 22.0 Å². The van der Waals surface area contributed by atoms with Gasteiger partial charge in [0, 0.05) is 29.5 Å². The smallest absolute Gasteiger partial charge is 0.313 e. The third-order valence-corrected chi connectivity index (χ3v) is 5.70. The Morgan fingerprint density at radius 2 is 1.88 bits per heavy atom. The van der Waals surface area contributed by atoms with E-state index in [1.165, 1.54) is 12.1 Å². The molecule has 1 aliphatic rings. The number of carbonyl (C=O) groups excluding carboxylic acids is 2. The number of para-hydroxylation sites is 1. The fourth-order valence-corrected chi connectivity index (χ4v) is 4.08. The Labute approximate surface area is 191 Å². The minimum absolute atomic E-state index is 0.0933. The first-order valence-electron chi connectivity index (χ1n) is 11.2. The van der Waals surface area contributed by atoms with E-state index in [0.717, 1.165) is 52.2 Å². The van der Waals surface area contributed by atoms with Crippen LogP contribution in [-0.2, 0) is 20.7 Å². The van der Waals surface area contributed by atoms with Crippen molar-refractivity contribution in [1.82, 2.24) is 4.98 Å². The Kier molecular flexibility index (Phi) is 6.82. The summed E-state index contributed by atoms with van der Waals surface area (Å²) >= 11 is 0. The number of ether oxygens (including phenoxy) is 1. The van der Waals surface area contributed by atoms with E-state index in [0.29, 0.717) is 12.3 Å². The van der Waals surface area contributed by atoms with Gasteiger partial charge in [0.1, 0.15) is 12.2 Å². The number of aliphatic hydroxyl groups is 1. The predicted octanol–water partition coefficient (Wildman–Crippen LogP) is 5.82. The second-order valence-corrected chi connectivity index (χ2v) is 8.23. The summed E-state index contributed by atoms with van der Waals surface area (Å²) in [6, 6.07) is 14.3. The lowest BCUT2D eigenvalue weighted by Crippen LogP contribution is -2.10. The van der Waals surface area contributed by atoms with E-state index in [1.807, 2.05) is 24.3 Å². The number of esters is 1. The summed E-state index contributed by atoms with van der Waals surface area (Å²) in [4.78, 5) is 28.5. The van der Waals surface area contributed by atoms with Crippen LogP contribution in [0, 0.1) is 5.82 Å². The van der Waals surface area contributed by atoms with Crippen molar-refractivity contribution in [2.24, 2.45) is 0 Å². The fraction of sp³-hybridized carbons (Fsp3) is 0.296. The number of benzene rings is 2. The molecule has 2 aromatic carbocycles. The summed E-state index contributed by atoms with van der Waals surface area (Å²) in [6.45, 7) is 1.87. The second kappa shape index (κ2) is 9.94. The zero-order valence-electron chi connectivity index (χ0n) is 18.5. The molecule has 1 N–H and O–H groups in total. The minimum atomic E-state index is -0.611. The zero-order valence-corrected chi connectivity index (χ0v) is 18.5. The average molecular weight is 448 g/mol. The molecule has 33 heavy (non-hydrogen) atoms. The van der Waals surface area contributed by atoms with Crippen LogP contribution in [0.1, 0.15) is 49.8 Å². The second-order valence-electron chi connectivity index (χ2n) is 8.23. The first-order valence-corrected chi connectivity index (χ1v) is 11.2. The summed E-state index contributed by atoms with van der Waals surface area (Å²) in [5.41, 5.74) is 4.74. The normalized spacial score (nSPS) is 13.8. The van der Waals surface area contributed by atoms with Gasteiger partial charge in [0.05, 0.1) is 17.9 Å². The van der Waals surface area contributed by atoms with Crippen LogP contribution in [0.2, 0.25) is 0 Å². The van der Waals surface area contributed by atoms with Crippen molar-refractivity contribution < 1.29 is 23.8 Å². The van der Waals surface area contributed by atoms with Gasteiger partial charge in [0.25, 0.3) is 0 Å². The molecule has 0 atom stereocenters. The van der Waals surface area contributed by atoms with Crippen LogP contribution >= 0.6 is 0 Å². The minimum Gasteiger partial charge on any atom is -0.512 e. The fourth-order valence-electron chi connectivity index (χ4n) is 4.08. The molecule has 0 spiro atoms. The van der Waals surface area contributed by atoms with E-state index in [-0.39, 0.29) is 24.6 Å². The number of allylic oxidation sites excluding steroid dienone is 2. The zero-order chi connectivity index (χ0) is 23.4. The lowest BCUT2D eigenvalue weighted by Gasteiger charge is -2.18. The molecule has 1 saturated carbocycles. The van der Waals surface area contributed by atoms with Crippen LogP contribution in [-0.4, -0.2) is 28.4 Å². The molecule has 3 aromatic rings. The Bertz CT molecular complexity index is 1210. The highest BCUT2D eigenvalue weighted by molar-refractivity contribution is 6.02. The number of aliphatic hydroxyl groups excluding tert-OH is 1.